The number of amides is 7. The Morgan fingerprint density at radius 1 is 0.697 bits per heavy atom. The minimum atomic E-state index is -2.25. The Morgan fingerprint density at radius 3 is 1.79 bits per heavy atom. The minimum Gasteiger partial charge on any atom is -0.508 e. The lowest BCUT2D eigenvalue weighted by molar-refractivity contribution is -0.869. The molecule has 24 nitrogen and oxygen atoms in total. The smallest absolute Gasteiger partial charge is 0.251 e. The molecule has 3 aliphatic heterocycles. The van der Waals surface area contributed by atoms with Crippen LogP contribution < -0.4 is 36.6 Å². The fraction of sp³-hybridized carbons (Fsp3) is 0.492. The maximum atomic E-state index is 15.0. The Kier molecular flexibility index (Phi) is 23.6. The van der Waals surface area contributed by atoms with Crippen LogP contribution in [-0.4, -0.2) is 218 Å². The van der Waals surface area contributed by atoms with Gasteiger partial charge in [0.2, 0.25) is 35.4 Å². The van der Waals surface area contributed by atoms with Crippen LogP contribution in [0.25, 0.3) is 22.3 Å². The van der Waals surface area contributed by atoms with E-state index in [0.29, 0.717) is 17.6 Å². The van der Waals surface area contributed by atoms with Crippen molar-refractivity contribution in [2.24, 2.45) is 11.8 Å². The van der Waals surface area contributed by atoms with Crippen LogP contribution in [-0.2, 0) is 28.8 Å². The molecule has 4 aromatic rings. The van der Waals surface area contributed by atoms with E-state index in [-0.39, 0.29) is 30.0 Å². The minimum absolute atomic E-state index is 0.0379. The number of quaternary nitrogens is 1. The highest BCUT2D eigenvalue weighted by Gasteiger charge is 2.50. The summed E-state index contributed by atoms with van der Waals surface area (Å²) in [7, 11) is 5.72. The molecule has 0 aliphatic carbocycles. The second kappa shape index (κ2) is 30.6. The number of carbonyl (C=O) groups is 7. The van der Waals surface area contributed by atoms with Gasteiger partial charge in [-0.15, -0.1) is 6.58 Å². The maximum Gasteiger partial charge on any atom is 0.251 e. The van der Waals surface area contributed by atoms with E-state index in [1.165, 1.54) is 56.3 Å². The summed E-state index contributed by atoms with van der Waals surface area (Å²) in [6, 6.07) is 16.2. The number of nitrogens with zero attached hydrogens (tertiary/aromatic N) is 3. The van der Waals surface area contributed by atoms with Crippen molar-refractivity contribution in [3.63, 3.8) is 0 Å². The van der Waals surface area contributed by atoms with Crippen LogP contribution in [0.15, 0.2) is 110 Å². The molecule has 7 amide bonds. The van der Waals surface area contributed by atoms with Crippen molar-refractivity contribution in [3.8, 4) is 33.8 Å². The van der Waals surface area contributed by atoms with Gasteiger partial charge in [0.05, 0.1) is 58.7 Å². The summed E-state index contributed by atoms with van der Waals surface area (Å²) in [6.07, 6.45) is -8.72. The van der Waals surface area contributed by atoms with Crippen LogP contribution in [0.2, 0.25) is 0 Å². The molecule has 89 heavy (non-hydrogen) atoms. The number of unbranched alkanes of at least 4 members (excludes halogenated alkanes) is 2. The number of aliphatic hydroxyl groups is 6. The van der Waals surface area contributed by atoms with Crippen molar-refractivity contribution < 1.29 is 78.5 Å². The zero-order chi connectivity index (χ0) is 65.0. The van der Waals surface area contributed by atoms with Gasteiger partial charge in [-0.25, -0.2) is 0 Å². The first-order valence-electron chi connectivity index (χ1n) is 30.3. The van der Waals surface area contributed by atoms with E-state index in [0.717, 1.165) is 57.1 Å². The molecule has 4 aromatic carbocycles. The number of benzene rings is 4. The number of rotatable bonds is 19. The molecule has 24 heteroatoms. The summed E-state index contributed by atoms with van der Waals surface area (Å²) < 4.78 is 6.30. The summed E-state index contributed by atoms with van der Waals surface area (Å²) in [6.45, 7) is 10.7. The predicted molar refractivity (Wildman–Crippen MR) is 330 cm³/mol. The van der Waals surface area contributed by atoms with Crippen molar-refractivity contribution in [2.75, 3.05) is 53.9 Å². The lowest BCUT2D eigenvalue weighted by atomic mass is 9.91. The van der Waals surface area contributed by atoms with E-state index >= 15 is 0 Å². The highest BCUT2D eigenvalue weighted by atomic mass is 16.5. The third kappa shape index (κ3) is 17.5. The van der Waals surface area contributed by atoms with Crippen LogP contribution >= 0.6 is 0 Å². The third-order valence-corrected chi connectivity index (χ3v) is 16.6. The van der Waals surface area contributed by atoms with Crippen LogP contribution in [0.4, 0.5) is 0 Å². The number of aliphatic hydroxyl groups excluding tert-OH is 6. The van der Waals surface area contributed by atoms with Gasteiger partial charge >= 0.3 is 0 Å². The molecule has 13 N–H and O–H groups in total. The van der Waals surface area contributed by atoms with Crippen molar-refractivity contribution in [3.05, 3.63) is 121 Å². The van der Waals surface area contributed by atoms with Gasteiger partial charge in [0, 0.05) is 44.0 Å². The fourth-order valence-electron chi connectivity index (χ4n) is 11.4. The second-order valence-electron chi connectivity index (χ2n) is 24.6. The van der Waals surface area contributed by atoms with Gasteiger partial charge < -0.3 is 81.3 Å². The number of likely N-dealkylation sites (N-methyl/N-ethyl adjacent to an activating group) is 1. The summed E-state index contributed by atoms with van der Waals surface area (Å²) in [4.78, 5) is 105. The van der Waals surface area contributed by atoms with Gasteiger partial charge in [-0.3, -0.25) is 38.9 Å². The molecule has 0 radical (unpaired) electrons. The predicted octanol–water partition coefficient (Wildman–Crippen LogP) is 0.818. The van der Waals surface area contributed by atoms with E-state index in [1.807, 2.05) is 69.7 Å². The van der Waals surface area contributed by atoms with Crippen molar-refractivity contribution in [1.82, 2.24) is 41.7 Å². The monoisotopic (exact) mass is 1230 g/mol. The molecule has 3 saturated heterocycles. The number of hydrogen-bond acceptors (Lipinski definition) is 16. The molecule has 3 fully saturated rings. The largest absolute Gasteiger partial charge is 0.508 e. The van der Waals surface area contributed by atoms with E-state index in [1.54, 1.807) is 19.1 Å². The van der Waals surface area contributed by atoms with Crippen LogP contribution in [0.5, 0.6) is 11.5 Å². The number of phenolic OH excluding ortho intramolecular Hbond substituents is 1. The van der Waals surface area contributed by atoms with Crippen molar-refractivity contribution in [2.45, 2.75) is 139 Å². The van der Waals surface area contributed by atoms with E-state index < -0.39 is 152 Å². The van der Waals surface area contributed by atoms with Gasteiger partial charge in [0.1, 0.15) is 66.1 Å². The first-order chi connectivity index (χ1) is 42.2. The van der Waals surface area contributed by atoms with Crippen LogP contribution in [0, 0.1) is 11.8 Å². The fourth-order valence-corrected chi connectivity index (χ4v) is 11.4. The van der Waals surface area contributed by atoms with Gasteiger partial charge in [0.15, 0.2) is 0 Å². The molecule has 0 bridgehead atoms. The summed E-state index contributed by atoms with van der Waals surface area (Å²) in [5.41, 5.74) is 3.60. The van der Waals surface area contributed by atoms with Crippen LogP contribution in [0.1, 0.15) is 81.8 Å². The average Bonchev–Trinajstić information content (AvgIpc) is 2.10. The number of carbonyl (C=O) groups excluding carboxylic acids is 7. The Morgan fingerprint density at radius 2 is 1.24 bits per heavy atom. The number of phenols is 1. The summed E-state index contributed by atoms with van der Waals surface area (Å²) in [5.74, 6) is -8.01. The Labute approximate surface area is 518 Å². The zero-order valence-electron chi connectivity index (χ0n) is 51.5. The van der Waals surface area contributed by atoms with Gasteiger partial charge in [-0.1, -0.05) is 93.4 Å². The maximum absolute atomic E-state index is 15.0. The van der Waals surface area contributed by atoms with E-state index in [2.05, 4.69) is 45.4 Å². The molecule has 15 atom stereocenters. The number of fused-ring (bicyclic) bond motifs is 2. The Balaban J connectivity index is 1.24. The zero-order valence-corrected chi connectivity index (χ0v) is 51.5. The van der Waals surface area contributed by atoms with Crippen LogP contribution in [0.3, 0.4) is 0 Å². The molecule has 3 heterocycles. The van der Waals surface area contributed by atoms with E-state index in [4.69, 9.17) is 4.74 Å². The Hall–Kier alpha value is -7.81. The number of nitrogens with one attached hydrogen (secondary N) is 6. The van der Waals surface area contributed by atoms with E-state index in [9.17, 15) is 69.3 Å². The molecule has 0 spiro atoms. The third-order valence-electron chi connectivity index (χ3n) is 16.6. The molecule has 3 aliphatic rings. The number of ether oxygens (including phenoxy) is 1. The standard InChI is InChI=1S/C65H87N9O15/c1-9-11-12-31-89-47-27-23-42(24-28-47)40-15-13-39(14-16-40)41-17-19-44(20-18-41)59(82)67-49-33-51(79)58(66-29-30-74(6,7)8)71-63(86)55-48(10-2)36(3)34-73(55)65(88)53(38(5)76)69-62(85)54(57(81)56(80)43-21-25-45(77)26-22-43)70-61(84)50-32-46(78)35-72(50)64(87)52(37(4)75)68-60(49)83/h10,13-28,36-38,46,48-58,66,75-76,78-81H,2,9,11-12,29-35H2,1,3-8H3,(H5-,67,68,69,70,71,77,82,83,84,85,86)/p+1/t36-,37+,38+,46+,48-,49?,50?,51+,52?,53?,54?,55?,56-,57-,58?/m0/s1. The lowest BCUT2D eigenvalue weighted by Crippen LogP contribution is -2.64. The van der Waals surface area contributed by atoms with Gasteiger partial charge in [-0.05, 0) is 90.4 Å². The SMILES string of the molecule is C=C[C@@H]1C2C(=O)NC(NCC[N+](C)(C)C)[C@H](O)CC(NC(=O)c3ccc(-c4ccc(-c5ccc(OCCCCC)cc5)cc4)cc3)C(=O)NC([C@@H](C)O)C(=O)N3C[C@H](O)CC3C(=O)NC([C@H](O)[C@@H](O)c3ccc(O)cc3)C(=O)NC([C@@H](C)O)C(=O)N2C[C@@H]1C. The lowest BCUT2D eigenvalue weighted by Gasteiger charge is -2.35. The molecule has 7 rings (SSSR count). The highest BCUT2D eigenvalue weighted by molar-refractivity contribution is 6.00. The summed E-state index contributed by atoms with van der Waals surface area (Å²) in [5, 5.41) is 95.1. The summed E-state index contributed by atoms with van der Waals surface area (Å²) >= 11 is 0. The topological polar surface area (TPSA) is 349 Å². The molecular formula is C65H88N9O15+. The highest BCUT2D eigenvalue weighted by Crippen LogP contribution is 2.33. The van der Waals surface area contributed by atoms with Gasteiger partial charge in [-0.2, -0.15) is 0 Å². The molecule has 482 valence electrons. The quantitative estimate of drug-likeness (QED) is 0.0351. The Bertz CT molecular complexity index is 3090. The molecular weight excluding hydrogens is 1150 g/mol. The molecule has 7 unspecified atom stereocenters. The first-order valence-corrected chi connectivity index (χ1v) is 30.3. The molecule has 0 saturated carbocycles. The first kappa shape index (κ1) is 68.7. The van der Waals surface area contributed by atoms with Crippen molar-refractivity contribution in [1.29, 1.82) is 0 Å². The van der Waals surface area contributed by atoms with Gasteiger partial charge in [0.25, 0.3) is 5.91 Å². The average molecular weight is 1240 g/mol. The van der Waals surface area contributed by atoms with Crippen molar-refractivity contribution >= 4 is 41.4 Å². The normalized spacial score (nSPS) is 26.5. The number of aromatic hydroxyl groups is 1. The number of hydrogen-bond donors (Lipinski definition) is 13. The molecule has 0 aromatic heterocycles. The second-order valence-corrected chi connectivity index (χ2v) is 24.6.